The molecule has 1 atom stereocenters. The molecule has 126 valence electrons. The number of thiophene rings is 1. The number of hydrogen-bond donors (Lipinski definition) is 1. The van der Waals surface area contributed by atoms with E-state index in [1.165, 1.54) is 5.56 Å². The van der Waals surface area contributed by atoms with E-state index in [2.05, 4.69) is 40.5 Å². The third-order valence-corrected chi connectivity index (χ3v) is 5.59. The summed E-state index contributed by atoms with van der Waals surface area (Å²) in [5.41, 5.74) is 7.54. The van der Waals surface area contributed by atoms with Gasteiger partial charge in [0.15, 0.2) is 5.96 Å². The van der Waals surface area contributed by atoms with Crippen molar-refractivity contribution in [1.82, 2.24) is 9.80 Å². The van der Waals surface area contributed by atoms with Crippen LogP contribution in [-0.4, -0.2) is 60.0 Å². The lowest BCUT2D eigenvalue weighted by molar-refractivity contribution is 0.224. The van der Waals surface area contributed by atoms with Gasteiger partial charge >= 0.3 is 0 Å². The summed E-state index contributed by atoms with van der Waals surface area (Å²) in [5, 5.41) is 4.37. The molecule has 1 aliphatic heterocycles. The minimum absolute atomic E-state index is 0. The van der Waals surface area contributed by atoms with Crippen molar-refractivity contribution in [3.8, 4) is 0 Å². The van der Waals surface area contributed by atoms with Crippen LogP contribution in [0.2, 0.25) is 0 Å². The maximum Gasteiger partial charge on any atom is 0.191 e. The third-order valence-electron chi connectivity index (χ3n) is 3.94. The second-order valence-corrected chi connectivity index (χ2v) is 7.10. The lowest BCUT2D eigenvalue weighted by Gasteiger charge is -2.30. The lowest BCUT2D eigenvalue weighted by Crippen LogP contribution is -2.43. The van der Waals surface area contributed by atoms with Gasteiger partial charge in [-0.1, -0.05) is 13.8 Å². The molecule has 2 N–H and O–H groups in total. The zero-order valence-electron chi connectivity index (χ0n) is 13.4. The van der Waals surface area contributed by atoms with Gasteiger partial charge in [0.05, 0.1) is 12.6 Å². The first-order valence-corrected chi connectivity index (χ1v) is 9.74. The molecule has 1 aromatic heterocycles. The molecule has 2 rings (SSSR count). The van der Waals surface area contributed by atoms with Crippen molar-refractivity contribution in [2.75, 3.05) is 44.2 Å². The molecule has 0 amide bonds. The van der Waals surface area contributed by atoms with Crippen LogP contribution in [0, 0.1) is 0 Å². The first-order valence-electron chi connectivity index (χ1n) is 7.65. The minimum atomic E-state index is 0. The van der Waals surface area contributed by atoms with Crippen molar-refractivity contribution >= 4 is 53.0 Å². The topological polar surface area (TPSA) is 44.9 Å². The second-order valence-electron chi connectivity index (χ2n) is 5.09. The van der Waals surface area contributed by atoms with Crippen molar-refractivity contribution < 1.29 is 0 Å². The average molecular weight is 454 g/mol. The number of halogens is 1. The zero-order valence-corrected chi connectivity index (χ0v) is 17.4. The number of nitrogens with zero attached hydrogens (tertiary/aromatic N) is 3. The molecular formula is C15H27IN4S2. The van der Waals surface area contributed by atoms with Gasteiger partial charge < -0.3 is 10.6 Å². The smallest absolute Gasteiger partial charge is 0.191 e. The Kier molecular flexibility index (Phi) is 9.77. The molecule has 7 heteroatoms. The monoisotopic (exact) mass is 454 g/mol. The Hall–Kier alpha value is 0.01000. The number of aliphatic imine (C=N–C) groups is 1. The molecule has 1 saturated heterocycles. The van der Waals surface area contributed by atoms with Gasteiger partial charge in [0.1, 0.15) is 0 Å². The first kappa shape index (κ1) is 20.1. The van der Waals surface area contributed by atoms with E-state index < -0.39 is 0 Å². The largest absolute Gasteiger partial charge is 0.370 e. The molecule has 4 nitrogen and oxygen atoms in total. The standard InChI is InChI=1S/C15H26N4S2.HI/c1-3-18(4-2)14(13-5-8-21-12-13)11-17-15(16)19-6-9-20-10-7-19;/h5,8,12,14H,3-4,6-7,9-11H2,1-2H3,(H2,16,17);1H. The van der Waals surface area contributed by atoms with Crippen molar-refractivity contribution in [3.63, 3.8) is 0 Å². The highest BCUT2D eigenvalue weighted by molar-refractivity contribution is 14.0. The van der Waals surface area contributed by atoms with Crippen LogP contribution in [0.1, 0.15) is 25.5 Å². The number of thioether (sulfide) groups is 1. The molecule has 1 aromatic rings. The SMILES string of the molecule is CCN(CC)C(CN=C(N)N1CCSCC1)c1ccsc1.I. The Bertz CT molecular complexity index is 429. The van der Waals surface area contributed by atoms with Crippen LogP contribution < -0.4 is 5.73 Å². The number of rotatable bonds is 6. The summed E-state index contributed by atoms with van der Waals surface area (Å²) in [5.74, 6) is 3.02. The summed E-state index contributed by atoms with van der Waals surface area (Å²) in [6, 6.07) is 2.54. The lowest BCUT2D eigenvalue weighted by atomic mass is 10.1. The van der Waals surface area contributed by atoms with E-state index in [0.717, 1.165) is 44.2 Å². The van der Waals surface area contributed by atoms with Crippen molar-refractivity contribution in [2.24, 2.45) is 10.7 Å². The van der Waals surface area contributed by atoms with Gasteiger partial charge in [0.2, 0.25) is 0 Å². The van der Waals surface area contributed by atoms with Crippen LogP contribution in [-0.2, 0) is 0 Å². The van der Waals surface area contributed by atoms with Crippen LogP contribution in [0.15, 0.2) is 21.8 Å². The molecule has 2 heterocycles. The van der Waals surface area contributed by atoms with E-state index in [-0.39, 0.29) is 24.0 Å². The highest BCUT2D eigenvalue weighted by Crippen LogP contribution is 2.23. The molecule has 0 bridgehead atoms. The van der Waals surface area contributed by atoms with E-state index in [1.807, 2.05) is 11.8 Å². The van der Waals surface area contributed by atoms with Crippen LogP contribution >= 0.6 is 47.1 Å². The molecule has 0 aromatic carbocycles. The number of hydrogen-bond acceptors (Lipinski definition) is 4. The Morgan fingerprint density at radius 1 is 1.36 bits per heavy atom. The first-order chi connectivity index (χ1) is 10.3. The predicted molar refractivity (Wildman–Crippen MR) is 111 cm³/mol. The van der Waals surface area contributed by atoms with E-state index >= 15 is 0 Å². The van der Waals surface area contributed by atoms with Gasteiger partial charge in [-0.25, -0.2) is 0 Å². The highest BCUT2D eigenvalue weighted by Gasteiger charge is 2.19. The molecule has 0 saturated carbocycles. The van der Waals surface area contributed by atoms with Gasteiger partial charge in [-0.3, -0.25) is 9.89 Å². The maximum atomic E-state index is 6.18. The van der Waals surface area contributed by atoms with E-state index in [4.69, 9.17) is 10.7 Å². The summed E-state index contributed by atoms with van der Waals surface area (Å²) in [4.78, 5) is 9.36. The van der Waals surface area contributed by atoms with Crippen LogP contribution in [0.3, 0.4) is 0 Å². The number of guanidine groups is 1. The molecule has 22 heavy (non-hydrogen) atoms. The molecular weight excluding hydrogens is 427 g/mol. The van der Waals surface area contributed by atoms with Crippen molar-refractivity contribution in [1.29, 1.82) is 0 Å². The van der Waals surface area contributed by atoms with Gasteiger partial charge in [-0.05, 0) is 35.5 Å². The minimum Gasteiger partial charge on any atom is -0.370 e. The molecule has 0 radical (unpaired) electrons. The normalized spacial score (nSPS) is 17.4. The summed E-state index contributed by atoms with van der Waals surface area (Å²) >= 11 is 3.74. The van der Waals surface area contributed by atoms with Gasteiger partial charge in [0.25, 0.3) is 0 Å². The van der Waals surface area contributed by atoms with E-state index in [9.17, 15) is 0 Å². The molecule has 0 aliphatic carbocycles. The summed E-state index contributed by atoms with van der Waals surface area (Å²) in [6.45, 7) is 9.27. The van der Waals surface area contributed by atoms with Gasteiger partial charge in [-0.2, -0.15) is 23.1 Å². The molecule has 1 aliphatic rings. The Morgan fingerprint density at radius 2 is 2.05 bits per heavy atom. The van der Waals surface area contributed by atoms with Crippen molar-refractivity contribution in [3.05, 3.63) is 22.4 Å². The maximum absolute atomic E-state index is 6.18. The zero-order chi connectivity index (χ0) is 15.1. The quantitative estimate of drug-likeness (QED) is 0.408. The molecule has 1 unspecified atom stereocenters. The summed E-state index contributed by atoms with van der Waals surface area (Å²) in [7, 11) is 0. The number of nitrogens with two attached hydrogens (primary N) is 1. The fourth-order valence-corrected chi connectivity index (χ4v) is 4.24. The van der Waals surface area contributed by atoms with Crippen LogP contribution in [0.25, 0.3) is 0 Å². The van der Waals surface area contributed by atoms with E-state index in [1.54, 1.807) is 11.3 Å². The Morgan fingerprint density at radius 3 is 2.59 bits per heavy atom. The van der Waals surface area contributed by atoms with Gasteiger partial charge in [0, 0.05) is 24.6 Å². The van der Waals surface area contributed by atoms with Crippen LogP contribution in [0.4, 0.5) is 0 Å². The fraction of sp³-hybridized carbons (Fsp3) is 0.667. The van der Waals surface area contributed by atoms with Crippen LogP contribution in [0.5, 0.6) is 0 Å². The molecule has 0 spiro atoms. The Labute approximate surface area is 159 Å². The Balaban J connectivity index is 0.00000242. The predicted octanol–water partition coefficient (Wildman–Crippen LogP) is 3.11. The van der Waals surface area contributed by atoms with Crippen molar-refractivity contribution in [2.45, 2.75) is 19.9 Å². The molecule has 1 fully saturated rings. The average Bonchev–Trinajstić information content (AvgIpc) is 3.06. The summed E-state index contributed by atoms with van der Waals surface area (Å²) in [6.07, 6.45) is 0. The second kappa shape index (κ2) is 10.7. The number of likely N-dealkylation sites (N-methyl/N-ethyl adjacent to an activating group) is 1. The highest BCUT2D eigenvalue weighted by atomic mass is 127. The van der Waals surface area contributed by atoms with E-state index in [0.29, 0.717) is 12.0 Å². The summed E-state index contributed by atoms with van der Waals surface area (Å²) < 4.78 is 0. The third kappa shape index (κ3) is 5.58. The fourth-order valence-electron chi connectivity index (χ4n) is 2.63. The van der Waals surface area contributed by atoms with Gasteiger partial charge in [-0.15, -0.1) is 24.0 Å².